The molecule has 1 amide bonds. The third-order valence-electron chi connectivity index (χ3n) is 2.82. The lowest BCUT2D eigenvalue weighted by molar-refractivity contribution is -0.116. The Hall–Kier alpha value is -2.08. The van der Waals surface area contributed by atoms with Crippen LogP contribution in [0.25, 0.3) is 0 Å². The molecule has 21 heavy (non-hydrogen) atoms. The van der Waals surface area contributed by atoms with Crippen molar-refractivity contribution >= 4 is 28.7 Å². The third-order valence-corrected chi connectivity index (χ3v) is 3.86. The number of hydrogen-bond donors (Lipinski definition) is 1. The fourth-order valence-corrected chi connectivity index (χ4v) is 2.59. The van der Waals surface area contributed by atoms with Crippen molar-refractivity contribution in [2.45, 2.75) is 19.8 Å². The van der Waals surface area contributed by atoms with Gasteiger partial charge < -0.3 is 5.32 Å². The van der Waals surface area contributed by atoms with Crippen molar-refractivity contribution in [2.75, 3.05) is 5.32 Å². The Balaban J connectivity index is 1.92. The number of amides is 1. The van der Waals surface area contributed by atoms with E-state index in [2.05, 4.69) is 5.32 Å². The minimum Gasteiger partial charge on any atom is -0.321 e. The molecule has 1 aromatic carbocycles. The number of thiophene rings is 1. The molecular weight excluding hydrogens is 296 g/mol. The van der Waals surface area contributed by atoms with Crippen molar-refractivity contribution in [3.63, 3.8) is 0 Å². The molecule has 0 aliphatic carbocycles. The summed E-state index contributed by atoms with van der Waals surface area (Å²) in [5.41, 5.74) is -0.484. The molecule has 0 aliphatic heterocycles. The fourth-order valence-electron chi connectivity index (χ4n) is 1.75. The molecule has 3 nitrogen and oxygen atoms in total. The molecule has 0 saturated heterocycles. The normalized spacial score (nSPS) is 10.4. The lowest BCUT2D eigenvalue weighted by atomic mass is 10.2. The smallest absolute Gasteiger partial charge is 0.224 e. The first-order valence-corrected chi connectivity index (χ1v) is 7.12. The fraction of sp³-hybridized carbons (Fsp3) is 0.200. The van der Waals surface area contributed by atoms with Gasteiger partial charge in [0, 0.05) is 17.7 Å². The highest BCUT2D eigenvalue weighted by molar-refractivity contribution is 7.14. The van der Waals surface area contributed by atoms with E-state index >= 15 is 0 Å². The second-order valence-corrected chi connectivity index (χ2v) is 5.77. The number of benzene rings is 1. The van der Waals surface area contributed by atoms with Crippen molar-refractivity contribution < 1.29 is 18.4 Å². The van der Waals surface area contributed by atoms with Crippen LogP contribution in [0.4, 0.5) is 14.5 Å². The Bertz CT molecular complexity index is 662. The zero-order valence-corrected chi connectivity index (χ0v) is 12.1. The van der Waals surface area contributed by atoms with Gasteiger partial charge in [-0.05, 0) is 31.2 Å². The summed E-state index contributed by atoms with van der Waals surface area (Å²) >= 11 is 1.36. The average Bonchev–Trinajstić information content (AvgIpc) is 2.87. The Morgan fingerprint density at radius 1 is 1.10 bits per heavy atom. The molecule has 110 valence electrons. The number of para-hydroxylation sites is 1. The lowest BCUT2D eigenvalue weighted by Crippen LogP contribution is -2.15. The van der Waals surface area contributed by atoms with Crippen LogP contribution in [0.2, 0.25) is 0 Å². The van der Waals surface area contributed by atoms with Crippen LogP contribution in [0.15, 0.2) is 30.3 Å². The number of nitrogens with one attached hydrogen (secondary N) is 1. The molecule has 0 radical (unpaired) electrons. The van der Waals surface area contributed by atoms with Crippen molar-refractivity contribution in [3.8, 4) is 0 Å². The monoisotopic (exact) mass is 309 g/mol. The molecule has 0 atom stereocenters. The molecule has 0 spiro atoms. The van der Waals surface area contributed by atoms with Crippen molar-refractivity contribution in [2.24, 2.45) is 0 Å². The zero-order chi connectivity index (χ0) is 15.4. The molecule has 0 unspecified atom stereocenters. The molecule has 2 rings (SSSR count). The predicted molar refractivity (Wildman–Crippen MR) is 77.6 cm³/mol. The Labute approximate surface area is 124 Å². The number of rotatable bonds is 5. The van der Waals surface area contributed by atoms with E-state index in [-0.39, 0.29) is 18.6 Å². The molecule has 6 heteroatoms. The van der Waals surface area contributed by atoms with E-state index in [1.54, 1.807) is 6.07 Å². The number of halogens is 2. The second-order valence-electron chi connectivity index (χ2n) is 4.48. The summed E-state index contributed by atoms with van der Waals surface area (Å²) in [7, 11) is 0. The molecule has 1 N–H and O–H groups in total. The molecule has 0 aliphatic rings. The second kappa shape index (κ2) is 6.58. The number of Topliss-reactive ketones (excluding diaryl/α,β-unsaturated/α-hetero) is 1. The van der Waals surface area contributed by atoms with Gasteiger partial charge in [0.1, 0.15) is 17.3 Å². The van der Waals surface area contributed by atoms with Crippen LogP contribution >= 0.6 is 11.3 Å². The minimum atomic E-state index is -0.844. The number of carbonyl (C=O) groups excluding carboxylic acids is 2. The van der Waals surface area contributed by atoms with Crippen LogP contribution in [-0.2, 0) is 4.79 Å². The van der Waals surface area contributed by atoms with Gasteiger partial charge in [-0.1, -0.05) is 6.07 Å². The third kappa shape index (κ3) is 3.95. The highest BCUT2D eigenvalue weighted by Crippen LogP contribution is 2.20. The highest BCUT2D eigenvalue weighted by atomic mass is 32.1. The van der Waals surface area contributed by atoms with Crippen molar-refractivity contribution in [1.29, 1.82) is 0 Å². The number of carbonyl (C=O) groups is 2. The van der Waals surface area contributed by atoms with Gasteiger partial charge in [-0.3, -0.25) is 9.59 Å². The molecule has 0 fully saturated rings. The van der Waals surface area contributed by atoms with Gasteiger partial charge in [0.25, 0.3) is 0 Å². The highest BCUT2D eigenvalue weighted by Gasteiger charge is 2.14. The summed E-state index contributed by atoms with van der Waals surface area (Å²) in [6.45, 7) is 1.88. The maximum atomic E-state index is 13.4. The van der Waals surface area contributed by atoms with Gasteiger partial charge in [-0.2, -0.15) is 0 Å². The van der Waals surface area contributed by atoms with E-state index in [0.717, 1.165) is 17.0 Å². The number of ketones is 1. The van der Waals surface area contributed by atoms with E-state index < -0.39 is 23.2 Å². The van der Waals surface area contributed by atoms with E-state index in [4.69, 9.17) is 0 Å². The topological polar surface area (TPSA) is 46.2 Å². The molecule has 2 aromatic rings. The maximum Gasteiger partial charge on any atom is 0.224 e. The Morgan fingerprint density at radius 3 is 2.33 bits per heavy atom. The summed E-state index contributed by atoms with van der Waals surface area (Å²) < 4.78 is 26.7. The number of aryl methyl sites for hydroxylation is 1. The average molecular weight is 309 g/mol. The summed E-state index contributed by atoms with van der Waals surface area (Å²) in [4.78, 5) is 25.1. The maximum absolute atomic E-state index is 13.4. The van der Waals surface area contributed by atoms with Gasteiger partial charge in [-0.25, -0.2) is 8.78 Å². The Kier molecular flexibility index (Phi) is 4.80. The molecule has 1 aromatic heterocycles. The van der Waals surface area contributed by atoms with Gasteiger partial charge >= 0.3 is 0 Å². The number of anilines is 1. The summed E-state index contributed by atoms with van der Waals surface area (Å²) in [5.74, 6) is -2.44. The zero-order valence-electron chi connectivity index (χ0n) is 11.3. The van der Waals surface area contributed by atoms with Crippen LogP contribution < -0.4 is 5.32 Å². The van der Waals surface area contributed by atoms with Crippen LogP contribution in [0.1, 0.15) is 27.4 Å². The van der Waals surface area contributed by atoms with Gasteiger partial charge in [0.2, 0.25) is 5.91 Å². The molecule has 0 saturated carbocycles. The quantitative estimate of drug-likeness (QED) is 0.850. The van der Waals surface area contributed by atoms with Crippen LogP contribution in [-0.4, -0.2) is 11.7 Å². The SMILES string of the molecule is Cc1ccc(C(=O)CCC(=O)Nc2c(F)cccc2F)s1. The standard InChI is InChI=1S/C15H13F2NO2S/c1-9-5-7-13(21-9)12(19)6-8-14(20)18-15-10(16)3-2-4-11(15)17/h2-5,7H,6,8H2,1H3,(H,18,20). The molecular formula is C15H13F2NO2S. The Morgan fingerprint density at radius 2 is 1.76 bits per heavy atom. The van der Waals surface area contributed by atoms with E-state index in [1.165, 1.54) is 17.4 Å². The number of hydrogen-bond acceptors (Lipinski definition) is 3. The van der Waals surface area contributed by atoms with E-state index in [0.29, 0.717) is 4.88 Å². The predicted octanol–water partition coefficient (Wildman–Crippen LogP) is 3.94. The summed E-state index contributed by atoms with van der Waals surface area (Å²) in [6.07, 6.45) is -0.120. The summed E-state index contributed by atoms with van der Waals surface area (Å²) in [6, 6.07) is 6.85. The van der Waals surface area contributed by atoms with Crippen LogP contribution in [0.3, 0.4) is 0 Å². The van der Waals surface area contributed by atoms with E-state index in [9.17, 15) is 18.4 Å². The first-order chi connectivity index (χ1) is 9.97. The van der Waals surface area contributed by atoms with Crippen molar-refractivity contribution in [3.05, 3.63) is 51.7 Å². The van der Waals surface area contributed by atoms with Gasteiger partial charge in [0.15, 0.2) is 5.78 Å². The molecule has 1 heterocycles. The largest absolute Gasteiger partial charge is 0.321 e. The van der Waals surface area contributed by atoms with Gasteiger partial charge in [-0.15, -0.1) is 11.3 Å². The summed E-state index contributed by atoms with van der Waals surface area (Å²) in [5, 5.41) is 2.15. The van der Waals surface area contributed by atoms with Crippen LogP contribution in [0, 0.1) is 18.6 Å². The first kappa shape index (κ1) is 15.3. The van der Waals surface area contributed by atoms with Crippen LogP contribution in [0.5, 0.6) is 0 Å². The van der Waals surface area contributed by atoms with Crippen molar-refractivity contribution in [1.82, 2.24) is 0 Å². The first-order valence-electron chi connectivity index (χ1n) is 6.31. The lowest BCUT2D eigenvalue weighted by Gasteiger charge is -2.06. The minimum absolute atomic E-state index is 0.00184. The van der Waals surface area contributed by atoms with Gasteiger partial charge in [0.05, 0.1) is 4.88 Å². The van der Waals surface area contributed by atoms with E-state index in [1.807, 2.05) is 13.0 Å². The molecule has 0 bridgehead atoms.